The summed E-state index contributed by atoms with van der Waals surface area (Å²) in [6.45, 7) is 0.617. The second-order valence-electron chi connectivity index (χ2n) is 4.61. The van der Waals surface area contributed by atoms with Gasteiger partial charge in [-0.15, -0.1) is 0 Å². The fourth-order valence-corrected chi connectivity index (χ4v) is 3.00. The molecule has 0 spiro atoms. The lowest BCUT2D eigenvalue weighted by Gasteiger charge is -2.01. The molecule has 22 heavy (non-hydrogen) atoms. The van der Waals surface area contributed by atoms with Gasteiger partial charge in [0.1, 0.15) is 5.75 Å². The molecule has 0 bridgehead atoms. The van der Waals surface area contributed by atoms with Crippen LogP contribution < -0.4 is 10.1 Å². The van der Waals surface area contributed by atoms with Crippen molar-refractivity contribution in [3.05, 3.63) is 58.1 Å². The summed E-state index contributed by atoms with van der Waals surface area (Å²) in [5.41, 5.74) is 1.46. The Morgan fingerprint density at radius 3 is 2.77 bits per heavy atom. The first-order valence-corrected chi connectivity index (χ1v) is 7.40. The zero-order chi connectivity index (χ0) is 15.5. The number of ether oxygens (including phenoxy) is 1. The van der Waals surface area contributed by atoms with Crippen LogP contribution in [-0.4, -0.2) is 17.0 Å². The number of nitrogens with one attached hydrogen (secondary N) is 1. The van der Waals surface area contributed by atoms with Crippen molar-refractivity contribution in [2.45, 2.75) is 6.54 Å². The van der Waals surface area contributed by atoms with E-state index in [1.54, 1.807) is 6.07 Å². The molecule has 7 heteroatoms. The average Bonchev–Trinajstić information content (AvgIpc) is 2.95. The van der Waals surface area contributed by atoms with Gasteiger partial charge in [-0.1, -0.05) is 41.7 Å². The van der Waals surface area contributed by atoms with Gasteiger partial charge in [0.15, 0.2) is 10.6 Å². The molecule has 3 aromatic rings. The quantitative estimate of drug-likeness (QED) is 0.572. The van der Waals surface area contributed by atoms with Crippen molar-refractivity contribution < 1.29 is 9.66 Å². The Morgan fingerprint density at radius 2 is 2.09 bits per heavy atom. The second-order valence-corrected chi connectivity index (χ2v) is 5.64. The number of aromatic nitrogens is 1. The van der Waals surface area contributed by atoms with E-state index in [4.69, 9.17) is 4.74 Å². The number of hydrogen-bond donors (Lipinski definition) is 1. The summed E-state index contributed by atoms with van der Waals surface area (Å²) in [4.78, 5) is 15.1. The third kappa shape index (κ3) is 2.84. The lowest BCUT2D eigenvalue weighted by atomic mass is 10.2. The number of fused-ring (bicyclic) bond motifs is 1. The second kappa shape index (κ2) is 5.98. The van der Waals surface area contributed by atoms with Gasteiger partial charge >= 0.3 is 0 Å². The molecule has 0 unspecified atom stereocenters. The molecule has 0 radical (unpaired) electrons. The summed E-state index contributed by atoms with van der Waals surface area (Å²) >= 11 is 1.37. The highest BCUT2D eigenvalue weighted by molar-refractivity contribution is 7.22. The van der Waals surface area contributed by atoms with E-state index >= 15 is 0 Å². The third-order valence-corrected chi connectivity index (χ3v) is 4.13. The van der Waals surface area contributed by atoms with E-state index in [1.807, 2.05) is 30.3 Å². The predicted molar refractivity (Wildman–Crippen MR) is 86.6 cm³/mol. The maximum absolute atomic E-state index is 11.2. The number of non-ortho nitro benzene ring substituents is 1. The Balaban J connectivity index is 1.92. The van der Waals surface area contributed by atoms with E-state index in [0.717, 1.165) is 10.3 Å². The first kappa shape index (κ1) is 14.3. The number of thiazole rings is 1. The fourth-order valence-electron chi connectivity index (χ4n) is 2.09. The number of hydrogen-bond acceptors (Lipinski definition) is 6. The Bertz CT molecular complexity index is 818. The summed E-state index contributed by atoms with van der Waals surface area (Å²) in [5.74, 6) is 0.456. The molecule has 3 rings (SSSR count). The van der Waals surface area contributed by atoms with Gasteiger partial charge in [0, 0.05) is 12.6 Å². The molecule has 0 saturated carbocycles. The molecule has 0 fully saturated rings. The maximum atomic E-state index is 11.2. The van der Waals surface area contributed by atoms with Crippen molar-refractivity contribution in [3.8, 4) is 5.75 Å². The molecule has 0 aliphatic carbocycles. The molecular formula is C15H13N3O3S. The van der Waals surface area contributed by atoms with Gasteiger partial charge in [-0.25, -0.2) is 4.98 Å². The molecule has 0 aliphatic heterocycles. The number of nitro benzene ring substituents is 1. The largest absolute Gasteiger partial charge is 0.496 e. The predicted octanol–water partition coefficient (Wildman–Crippen LogP) is 3.83. The SMILES string of the molecule is COc1cc([N+](=O)[O-])c2nc(NCc3ccccc3)sc2c1. The number of rotatable bonds is 5. The highest BCUT2D eigenvalue weighted by atomic mass is 32.1. The van der Waals surface area contributed by atoms with Gasteiger partial charge in [0.05, 0.1) is 22.8 Å². The molecule has 112 valence electrons. The van der Waals surface area contributed by atoms with Gasteiger partial charge < -0.3 is 10.1 Å². The van der Waals surface area contributed by atoms with Crippen molar-refractivity contribution in [1.82, 2.24) is 4.98 Å². The average molecular weight is 315 g/mol. The van der Waals surface area contributed by atoms with Crippen molar-refractivity contribution in [2.75, 3.05) is 12.4 Å². The van der Waals surface area contributed by atoms with E-state index in [9.17, 15) is 10.1 Å². The van der Waals surface area contributed by atoms with E-state index < -0.39 is 4.92 Å². The van der Waals surface area contributed by atoms with Gasteiger partial charge in [-0.05, 0) is 5.56 Å². The van der Waals surface area contributed by atoms with Crippen LogP contribution in [-0.2, 0) is 6.54 Å². The number of benzene rings is 2. The van der Waals surface area contributed by atoms with E-state index in [-0.39, 0.29) is 5.69 Å². The van der Waals surface area contributed by atoms with Crippen molar-refractivity contribution in [3.63, 3.8) is 0 Å². The van der Waals surface area contributed by atoms with Crippen LogP contribution in [0.5, 0.6) is 5.75 Å². The molecule has 0 amide bonds. The summed E-state index contributed by atoms with van der Waals surface area (Å²) in [6, 6.07) is 13.0. The lowest BCUT2D eigenvalue weighted by molar-refractivity contribution is -0.383. The molecule has 0 atom stereocenters. The van der Waals surface area contributed by atoms with Crippen LogP contribution in [0.3, 0.4) is 0 Å². The highest BCUT2D eigenvalue weighted by Crippen LogP contribution is 2.36. The van der Waals surface area contributed by atoms with Gasteiger partial charge in [0.25, 0.3) is 5.69 Å². The zero-order valence-electron chi connectivity index (χ0n) is 11.8. The third-order valence-electron chi connectivity index (χ3n) is 3.17. The van der Waals surface area contributed by atoms with E-state index in [0.29, 0.717) is 22.9 Å². The van der Waals surface area contributed by atoms with E-state index in [2.05, 4.69) is 10.3 Å². The summed E-state index contributed by atoms with van der Waals surface area (Å²) in [6.07, 6.45) is 0. The minimum atomic E-state index is -0.439. The Hall–Kier alpha value is -2.67. The number of nitrogens with zero attached hydrogens (tertiary/aromatic N) is 2. The molecule has 6 nitrogen and oxygen atoms in total. The van der Waals surface area contributed by atoms with Crippen LogP contribution in [0.2, 0.25) is 0 Å². The summed E-state index contributed by atoms with van der Waals surface area (Å²) < 4.78 is 5.83. The van der Waals surface area contributed by atoms with Crippen LogP contribution in [0.4, 0.5) is 10.8 Å². The first-order valence-electron chi connectivity index (χ1n) is 6.58. The molecular weight excluding hydrogens is 302 g/mol. The molecule has 1 aromatic heterocycles. The summed E-state index contributed by atoms with van der Waals surface area (Å²) in [7, 11) is 1.49. The van der Waals surface area contributed by atoms with Gasteiger partial charge in [-0.2, -0.15) is 0 Å². The zero-order valence-corrected chi connectivity index (χ0v) is 12.6. The molecule has 0 saturated heterocycles. The number of nitro groups is 1. The Morgan fingerprint density at radius 1 is 1.32 bits per heavy atom. The van der Waals surface area contributed by atoms with Gasteiger partial charge in [-0.3, -0.25) is 10.1 Å². The number of methoxy groups -OCH3 is 1. The molecule has 0 aliphatic rings. The Labute approximate surface area is 130 Å². The number of anilines is 1. The molecule has 2 aromatic carbocycles. The highest BCUT2D eigenvalue weighted by Gasteiger charge is 2.18. The van der Waals surface area contributed by atoms with Crippen LogP contribution >= 0.6 is 11.3 Å². The smallest absolute Gasteiger partial charge is 0.300 e. The molecule has 1 N–H and O–H groups in total. The van der Waals surface area contributed by atoms with Crippen LogP contribution in [0, 0.1) is 10.1 Å². The monoisotopic (exact) mass is 315 g/mol. The van der Waals surface area contributed by atoms with E-state index in [1.165, 1.54) is 24.5 Å². The first-order chi connectivity index (χ1) is 10.7. The van der Waals surface area contributed by atoms with Crippen molar-refractivity contribution >= 4 is 32.4 Å². The standard InChI is InChI=1S/C15H13N3O3S/c1-21-11-7-12(18(19)20)14-13(8-11)22-15(17-14)16-9-10-5-3-2-4-6-10/h2-8H,9H2,1H3,(H,16,17). The molecule has 1 heterocycles. The maximum Gasteiger partial charge on any atom is 0.300 e. The normalized spacial score (nSPS) is 10.6. The minimum absolute atomic E-state index is 0.0432. The lowest BCUT2D eigenvalue weighted by Crippen LogP contribution is -1.98. The Kier molecular flexibility index (Phi) is 3.88. The topological polar surface area (TPSA) is 77.3 Å². The van der Waals surface area contributed by atoms with Gasteiger partial charge in [0.2, 0.25) is 0 Å². The van der Waals surface area contributed by atoms with Crippen molar-refractivity contribution in [2.24, 2.45) is 0 Å². The van der Waals surface area contributed by atoms with Crippen LogP contribution in [0.1, 0.15) is 5.56 Å². The van der Waals surface area contributed by atoms with Crippen molar-refractivity contribution in [1.29, 1.82) is 0 Å². The van der Waals surface area contributed by atoms with Crippen LogP contribution in [0.25, 0.3) is 10.2 Å². The minimum Gasteiger partial charge on any atom is -0.496 e. The van der Waals surface area contributed by atoms with Crippen LogP contribution in [0.15, 0.2) is 42.5 Å². The summed E-state index contributed by atoms with van der Waals surface area (Å²) in [5, 5.41) is 15.0. The fraction of sp³-hybridized carbons (Fsp3) is 0.133.